The number of likely N-dealkylation sites (tertiary alicyclic amines) is 1. The smallest absolute Gasteiger partial charge is 0.228 e. The maximum Gasteiger partial charge on any atom is 0.228 e. The Balaban J connectivity index is 1.50. The summed E-state index contributed by atoms with van der Waals surface area (Å²) in [6, 6.07) is 0. The van der Waals surface area contributed by atoms with E-state index in [0.29, 0.717) is 32.6 Å². The van der Waals surface area contributed by atoms with Crippen molar-refractivity contribution in [1.29, 1.82) is 0 Å². The van der Waals surface area contributed by atoms with Gasteiger partial charge in [0.1, 0.15) is 0 Å². The number of hydrogen-bond donors (Lipinski definition) is 0. The molecule has 0 radical (unpaired) electrons. The van der Waals surface area contributed by atoms with Gasteiger partial charge in [0.2, 0.25) is 11.8 Å². The fourth-order valence-corrected chi connectivity index (χ4v) is 3.92. The molecule has 0 spiro atoms. The van der Waals surface area contributed by atoms with Crippen molar-refractivity contribution in [2.75, 3.05) is 64.8 Å². The van der Waals surface area contributed by atoms with E-state index in [0.717, 1.165) is 24.8 Å². The van der Waals surface area contributed by atoms with Crippen LogP contribution in [-0.2, 0) is 9.59 Å². The predicted octanol–water partition coefficient (Wildman–Crippen LogP) is 0.202. The highest BCUT2D eigenvalue weighted by atomic mass is 32.1. The zero-order valence-corrected chi connectivity index (χ0v) is 15.2. The molecule has 1 aromatic rings. The number of hydrogen-bond acceptors (Lipinski definition) is 6. The van der Waals surface area contributed by atoms with Gasteiger partial charge in [-0.1, -0.05) is 0 Å². The number of rotatable bonds is 5. The molecule has 132 valence electrons. The number of likely N-dealkylation sites (N-methyl/N-ethyl adjacent to an activating group) is 1. The largest absolute Gasteiger partial charge is 0.345 e. The SMILES string of the molecule is CN(C)CCN1C[C@@H](C(=O)N2CCN(c3nccs3)CC2)CC1=O. The van der Waals surface area contributed by atoms with Crippen LogP contribution >= 0.6 is 11.3 Å². The van der Waals surface area contributed by atoms with Crippen LogP contribution in [0.25, 0.3) is 0 Å². The van der Waals surface area contributed by atoms with Gasteiger partial charge in [-0.2, -0.15) is 0 Å². The van der Waals surface area contributed by atoms with Gasteiger partial charge in [-0.05, 0) is 14.1 Å². The monoisotopic (exact) mass is 351 g/mol. The molecule has 0 aromatic carbocycles. The summed E-state index contributed by atoms with van der Waals surface area (Å²) in [6.07, 6.45) is 2.17. The minimum Gasteiger partial charge on any atom is -0.345 e. The highest BCUT2D eigenvalue weighted by Crippen LogP contribution is 2.23. The normalized spacial score (nSPS) is 21.9. The molecule has 2 fully saturated rings. The van der Waals surface area contributed by atoms with E-state index in [2.05, 4.69) is 14.8 Å². The second-order valence-corrected chi connectivity index (χ2v) is 7.54. The quantitative estimate of drug-likeness (QED) is 0.759. The van der Waals surface area contributed by atoms with Gasteiger partial charge < -0.3 is 19.6 Å². The van der Waals surface area contributed by atoms with Gasteiger partial charge in [0.15, 0.2) is 5.13 Å². The van der Waals surface area contributed by atoms with Crippen molar-refractivity contribution >= 4 is 28.3 Å². The van der Waals surface area contributed by atoms with Crippen LogP contribution in [0.1, 0.15) is 6.42 Å². The zero-order chi connectivity index (χ0) is 17.1. The van der Waals surface area contributed by atoms with Crippen LogP contribution in [0.15, 0.2) is 11.6 Å². The van der Waals surface area contributed by atoms with Crippen LogP contribution in [0.3, 0.4) is 0 Å². The lowest BCUT2D eigenvalue weighted by molar-refractivity contribution is -0.136. The van der Waals surface area contributed by atoms with E-state index in [1.807, 2.05) is 35.5 Å². The topological polar surface area (TPSA) is 60.0 Å². The Morgan fingerprint density at radius 3 is 2.71 bits per heavy atom. The van der Waals surface area contributed by atoms with Crippen LogP contribution in [0.5, 0.6) is 0 Å². The third-order valence-corrected chi connectivity index (χ3v) is 5.49. The first-order valence-electron chi connectivity index (χ1n) is 8.40. The molecule has 3 rings (SSSR count). The number of aromatic nitrogens is 1. The number of nitrogens with zero attached hydrogens (tertiary/aromatic N) is 5. The average Bonchev–Trinajstić information content (AvgIpc) is 3.22. The minimum atomic E-state index is -0.175. The molecule has 0 saturated carbocycles. The second kappa shape index (κ2) is 7.48. The van der Waals surface area contributed by atoms with E-state index in [9.17, 15) is 9.59 Å². The van der Waals surface area contributed by atoms with Crippen molar-refractivity contribution in [3.8, 4) is 0 Å². The third-order valence-electron chi connectivity index (χ3n) is 4.66. The minimum absolute atomic E-state index is 0.108. The molecule has 2 saturated heterocycles. The Bertz CT molecular complexity index is 569. The van der Waals surface area contributed by atoms with Crippen molar-refractivity contribution in [2.24, 2.45) is 5.92 Å². The van der Waals surface area contributed by atoms with E-state index >= 15 is 0 Å². The van der Waals surface area contributed by atoms with Crippen molar-refractivity contribution in [1.82, 2.24) is 19.7 Å². The number of thiazole rings is 1. The Labute approximate surface area is 146 Å². The molecular formula is C16H25N5O2S. The molecule has 1 atom stereocenters. The Morgan fingerprint density at radius 1 is 1.33 bits per heavy atom. The van der Waals surface area contributed by atoms with E-state index in [-0.39, 0.29) is 17.7 Å². The Morgan fingerprint density at radius 2 is 2.08 bits per heavy atom. The molecule has 2 amide bonds. The molecule has 8 heteroatoms. The molecule has 0 unspecified atom stereocenters. The molecular weight excluding hydrogens is 326 g/mol. The van der Waals surface area contributed by atoms with Crippen LogP contribution < -0.4 is 4.90 Å². The van der Waals surface area contributed by atoms with Crippen LogP contribution in [0, 0.1) is 5.92 Å². The molecule has 2 aliphatic heterocycles. The number of carbonyl (C=O) groups excluding carboxylic acids is 2. The van der Waals surface area contributed by atoms with Gasteiger partial charge in [0, 0.05) is 63.8 Å². The first-order chi connectivity index (χ1) is 11.5. The Kier molecular flexibility index (Phi) is 5.35. The zero-order valence-electron chi connectivity index (χ0n) is 14.3. The summed E-state index contributed by atoms with van der Waals surface area (Å²) in [5, 5.41) is 2.99. The van der Waals surface area contributed by atoms with E-state index in [4.69, 9.17) is 0 Å². The lowest BCUT2D eigenvalue weighted by Gasteiger charge is -2.35. The molecule has 24 heavy (non-hydrogen) atoms. The van der Waals surface area contributed by atoms with Gasteiger partial charge >= 0.3 is 0 Å². The standard InChI is InChI=1S/C16H25N5O2S/c1-18(2)4-5-21-12-13(11-14(21)22)15(23)19-6-8-20(9-7-19)16-17-3-10-24-16/h3,10,13H,4-9,11-12H2,1-2H3/t13-/m0/s1. The van der Waals surface area contributed by atoms with Gasteiger partial charge in [-0.25, -0.2) is 4.98 Å². The summed E-state index contributed by atoms with van der Waals surface area (Å²) in [4.78, 5) is 37.2. The summed E-state index contributed by atoms with van der Waals surface area (Å²) in [6.45, 7) is 5.14. The van der Waals surface area contributed by atoms with E-state index < -0.39 is 0 Å². The van der Waals surface area contributed by atoms with Gasteiger partial charge in [0.25, 0.3) is 0 Å². The van der Waals surface area contributed by atoms with Crippen molar-refractivity contribution in [3.05, 3.63) is 11.6 Å². The lowest BCUT2D eigenvalue weighted by atomic mass is 10.1. The van der Waals surface area contributed by atoms with E-state index in [1.165, 1.54) is 0 Å². The fraction of sp³-hybridized carbons (Fsp3) is 0.688. The molecule has 0 N–H and O–H groups in total. The maximum atomic E-state index is 12.7. The molecule has 0 aliphatic carbocycles. The van der Waals surface area contributed by atoms with Gasteiger partial charge in [-0.3, -0.25) is 9.59 Å². The highest BCUT2D eigenvalue weighted by Gasteiger charge is 2.37. The molecule has 2 aliphatic rings. The summed E-state index contributed by atoms with van der Waals surface area (Å²) in [7, 11) is 3.98. The summed E-state index contributed by atoms with van der Waals surface area (Å²) < 4.78 is 0. The molecule has 0 bridgehead atoms. The number of carbonyl (C=O) groups is 2. The Hall–Kier alpha value is -1.67. The summed E-state index contributed by atoms with van der Waals surface area (Å²) in [5.74, 6) is 0.0668. The highest BCUT2D eigenvalue weighted by molar-refractivity contribution is 7.13. The fourth-order valence-electron chi connectivity index (χ4n) is 3.22. The van der Waals surface area contributed by atoms with Crippen LogP contribution in [-0.4, -0.2) is 91.4 Å². The molecule has 3 heterocycles. The van der Waals surface area contributed by atoms with Crippen LogP contribution in [0.2, 0.25) is 0 Å². The summed E-state index contributed by atoms with van der Waals surface area (Å²) in [5.41, 5.74) is 0. The average molecular weight is 351 g/mol. The second-order valence-electron chi connectivity index (χ2n) is 6.67. The molecule has 1 aromatic heterocycles. The summed E-state index contributed by atoms with van der Waals surface area (Å²) >= 11 is 1.63. The maximum absolute atomic E-state index is 12.7. The van der Waals surface area contributed by atoms with Gasteiger partial charge in [0.05, 0.1) is 5.92 Å². The van der Waals surface area contributed by atoms with Crippen molar-refractivity contribution in [3.63, 3.8) is 0 Å². The van der Waals surface area contributed by atoms with Gasteiger partial charge in [-0.15, -0.1) is 11.3 Å². The number of piperazine rings is 1. The lowest BCUT2D eigenvalue weighted by Crippen LogP contribution is -2.50. The first kappa shape index (κ1) is 17.2. The predicted molar refractivity (Wildman–Crippen MR) is 94.1 cm³/mol. The van der Waals surface area contributed by atoms with E-state index in [1.54, 1.807) is 11.3 Å². The number of anilines is 1. The number of amides is 2. The molecule has 7 nitrogen and oxygen atoms in total. The first-order valence-corrected chi connectivity index (χ1v) is 9.28. The van der Waals surface area contributed by atoms with Crippen molar-refractivity contribution in [2.45, 2.75) is 6.42 Å². The third kappa shape index (κ3) is 3.87. The van der Waals surface area contributed by atoms with Crippen molar-refractivity contribution < 1.29 is 9.59 Å². The van der Waals surface area contributed by atoms with Crippen LogP contribution in [0.4, 0.5) is 5.13 Å².